The van der Waals surface area contributed by atoms with Crippen molar-refractivity contribution in [1.82, 2.24) is 0 Å². The molecule has 0 spiro atoms. The molecule has 4 atom stereocenters. The Morgan fingerprint density at radius 1 is 0.812 bits per heavy atom. The molecule has 0 bridgehead atoms. The molecule has 0 saturated carbocycles. The Labute approximate surface area is 101 Å². The molecule has 0 fully saturated rings. The fraction of sp³-hybridized carbons (Fsp3) is 0.714. The maximum Gasteiger partial charge on any atom is 0.0462 e. The zero-order valence-electron chi connectivity index (χ0n) is 11.2. The van der Waals surface area contributed by atoms with Crippen molar-refractivity contribution in [2.45, 2.75) is 27.7 Å². The minimum atomic E-state index is 0.257. The Morgan fingerprint density at radius 3 is 1.12 bits per heavy atom. The van der Waals surface area contributed by atoms with Gasteiger partial charge in [-0.25, -0.2) is 0 Å². The predicted molar refractivity (Wildman–Crippen MR) is 71.2 cm³/mol. The molecule has 2 heteroatoms. The van der Waals surface area contributed by atoms with Gasteiger partial charge in [0.05, 0.1) is 0 Å². The van der Waals surface area contributed by atoms with E-state index in [1.165, 1.54) is 0 Å². The first-order valence-corrected chi connectivity index (χ1v) is 5.91. The molecule has 0 aliphatic heterocycles. The van der Waals surface area contributed by atoms with Crippen molar-refractivity contribution in [1.29, 1.82) is 0 Å². The van der Waals surface area contributed by atoms with Crippen molar-refractivity contribution in [3.05, 3.63) is 25.3 Å². The Balaban J connectivity index is 0. The van der Waals surface area contributed by atoms with Crippen LogP contribution in [0.1, 0.15) is 27.7 Å². The highest BCUT2D eigenvalue weighted by Gasteiger charge is 2.05. The number of aliphatic hydroxyl groups is 2. The fourth-order valence-electron chi connectivity index (χ4n) is 0.797. The van der Waals surface area contributed by atoms with Gasteiger partial charge in [-0.3, -0.25) is 0 Å². The summed E-state index contributed by atoms with van der Waals surface area (Å²) in [6.45, 7) is 15.9. The zero-order valence-corrected chi connectivity index (χ0v) is 11.2. The van der Waals surface area contributed by atoms with E-state index in [1.807, 2.05) is 39.8 Å². The number of hydrogen-bond acceptors (Lipinski definition) is 2. The molecule has 2 N–H and O–H groups in total. The van der Waals surface area contributed by atoms with Gasteiger partial charge in [-0.15, -0.1) is 13.2 Å². The molecule has 0 saturated heterocycles. The molecular formula is C14H28O2. The summed E-state index contributed by atoms with van der Waals surface area (Å²) in [4.78, 5) is 0. The smallest absolute Gasteiger partial charge is 0.0462 e. The van der Waals surface area contributed by atoms with Crippen molar-refractivity contribution in [3.8, 4) is 0 Å². The number of rotatable bonds is 6. The van der Waals surface area contributed by atoms with Crippen LogP contribution in [0.5, 0.6) is 0 Å². The molecule has 0 aliphatic carbocycles. The molecule has 96 valence electrons. The van der Waals surface area contributed by atoms with E-state index >= 15 is 0 Å². The number of hydrogen-bond donors (Lipinski definition) is 2. The minimum Gasteiger partial charge on any atom is -0.396 e. The van der Waals surface area contributed by atoms with Gasteiger partial charge in [-0.2, -0.15) is 0 Å². The zero-order chi connectivity index (χ0) is 13.1. The Kier molecular flexibility index (Phi) is 12.1. The number of aliphatic hydroxyl groups excluding tert-OH is 2. The van der Waals surface area contributed by atoms with Crippen molar-refractivity contribution in [2.24, 2.45) is 23.7 Å². The van der Waals surface area contributed by atoms with Crippen molar-refractivity contribution >= 4 is 0 Å². The second-order valence-electron chi connectivity index (χ2n) is 4.51. The SMILES string of the molecule is C=C[C@@H](C)[C@@H](C)CO.C=C[C@H](C)[C@H](C)CO. The molecule has 0 unspecified atom stereocenters. The van der Waals surface area contributed by atoms with Crippen LogP contribution in [0.4, 0.5) is 0 Å². The third-order valence-electron chi connectivity index (χ3n) is 3.11. The average molecular weight is 228 g/mol. The Morgan fingerprint density at radius 2 is 1.06 bits per heavy atom. The third-order valence-corrected chi connectivity index (χ3v) is 3.11. The quantitative estimate of drug-likeness (QED) is 0.686. The monoisotopic (exact) mass is 228 g/mol. The van der Waals surface area contributed by atoms with E-state index in [0.717, 1.165) is 0 Å². The summed E-state index contributed by atoms with van der Waals surface area (Å²) in [5.74, 6) is 1.57. The summed E-state index contributed by atoms with van der Waals surface area (Å²) in [5, 5.41) is 17.2. The summed E-state index contributed by atoms with van der Waals surface area (Å²) in [6, 6.07) is 0. The van der Waals surface area contributed by atoms with Crippen molar-refractivity contribution in [3.63, 3.8) is 0 Å². The lowest BCUT2D eigenvalue weighted by molar-refractivity contribution is 0.212. The summed E-state index contributed by atoms with van der Waals surface area (Å²) in [7, 11) is 0. The van der Waals surface area contributed by atoms with Gasteiger partial charge in [0.25, 0.3) is 0 Å². The first kappa shape index (κ1) is 17.8. The highest BCUT2D eigenvalue weighted by atomic mass is 16.3. The lowest BCUT2D eigenvalue weighted by Gasteiger charge is -2.11. The van der Waals surface area contributed by atoms with E-state index in [4.69, 9.17) is 10.2 Å². The molecule has 0 aliphatic rings. The topological polar surface area (TPSA) is 40.5 Å². The first-order valence-electron chi connectivity index (χ1n) is 5.91. The number of allylic oxidation sites excluding steroid dienone is 2. The molecule has 2 nitrogen and oxygen atoms in total. The van der Waals surface area contributed by atoms with E-state index in [0.29, 0.717) is 23.7 Å². The van der Waals surface area contributed by atoms with Crippen LogP contribution < -0.4 is 0 Å². The molecule has 0 aromatic carbocycles. The first-order chi connectivity index (χ1) is 7.44. The highest BCUT2D eigenvalue weighted by Crippen LogP contribution is 2.09. The average Bonchev–Trinajstić information content (AvgIpc) is 2.35. The minimum absolute atomic E-state index is 0.257. The molecule has 0 amide bonds. The van der Waals surface area contributed by atoms with Gasteiger partial charge in [0.1, 0.15) is 0 Å². The van der Waals surface area contributed by atoms with Gasteiger partial charge < -0.3 is 10.2 Å². The van der Waals surface area contributed by atoms with Crippen LogP contribution in [0.3, 0.4) is 0 Å². The molecule has 0 heterocycles. The third kappa shape index (κ3) is 8.69. The fourth-order valence-corrected chi connectivity index (χ4v) is 0.797. The maximum absolute atomic E-state index is 8.59. The maximum atomic E-state index is 8.59. The summed E-state index contributed by atoms with van der Waals surface area (Å²) in [5.41, 5.74) is 0. The molecule has 0 aromatic rings. The second-order valence-corrected chi connectivity index (χ2v) is 4.51. The molecule has 16 heavy (non-hydrogen) atoms. The van der Waals surface area contributed by atoms with Gasteiger partial charge in [0.15, 0.2) is 0 Å². The van der Waals surface area contributed by atoms with Gasteiger partial charge in [0, 0.05) is 13.2 Å². The molecule has 0 aromatic heterocycles. The normalized spacial score (nSPS) is 17.4. The van der Waals surface area contributed by atoms with Gasteiger partial charge >= 0.3 is 0 Å². The van der Waals surface area contributed by atoms with E-state index < -0.39 is 0 Å². The molecule has 0 radical (unpaired) electrons. The van der Waals surface area contributed by atoms with E-state index in [9.17, 15) is 0 Å². The van der Waals surface area contributed by atoms with Crippen molar-refractivity contribution in [2.75, 3.05) is 13.2 Å². The van der Waals surface area contributed by atoms with Crippen LogP contribution >= 0.6 is 0 Å². The van der Waals surface area contributed by atoms with Crippen LogP contribution in [0.15, 0.2) is 25.3 Å². The molecule has 0 rings (SSSR count). The van der Waals surface area contributed by atoms with Gasteiger partial charge in [-0.05, 0) is 23.7 Å². The lowest BCUT2D eigenvalue weighted by atomic mass is 9.97. The second kappa shape index (κ2) is 10.9. The van der Waals surface area contributed by atoms with Crippen LogP contribution in [0.2, 0.25) is 0 Å². The van der Waals surface area contributed by atoms with E-state index in [2.05, 4.69) is 13.2 Å². The molecular weight excluding hydrogens is 200 g/mol. The van der Waals surface area contributed by atoms with Gasteiger partial charge in [-0.1, -0.05) is 39.8 Å². The Hall–Kier alpha value is -0.600. The van der Waals surface area contributed by atoms with Crippen LogP contribution in [0.25, 0.3) is 0 Å². The van der Waals surface area contributed by atoms with E-state index in [-0.39, 0.29) is 13.2 Å². The summed E-state index contributed by atoms with van der Waals surface area (Å²) < 4.78 is 0. The van der Waals surface area contributed by atoms with E-state index in [1.54, 1.807) is 0 Å². The van der Waals surface area contributed by atoms with Crippen LogP contribution in [-0.2, 0) is 0 Å². The summed E-state index contributed by atoms with van der Waals surface area (Å²) in [6.07, 6.45) is 3.72. The Bertz CT molecular complexity index is 158. The largest absolute Gasteiger partial charge is 0.396 e. The lowest BCUT2D eigenvalue weighted by Crippen LogP contribution is -2.08. The highest BCUT2D eigenvalue weighted by molar-refractivity contribution is 4.78. The standard InChI is InChI=1S/2C7H14O/c2*1-4-6(2)7(3)5-8/h2*4,6-8H,1,5H2,2-3H3/t2*6-,7+/m10/s1. The van der Waals surface area contributed by atoms with Crippen LogP contribution in [-0.4, -0.2) is 23.4 Å². The predicted octanol–water partition coefficient (Wildman–Crippen LogP) is 2.87. The summed E-state index contributed by atoms with van der Waals surface area (Å²) >= 11 is 0. The van der Waals surface area contributed by atoms with Crippen molar-refractivity contribution < 1.29 is 10.2 Å². The van der Waals surface area contributed by atoms with Gasteiger partial charge in [0.2, 0.25) is 0 Å². The van der Waals surface area contributed by atoms with Crippen LogP contribution in [0, 0.1) is 23.7 Å².